The standard InChI is InChI=1S/C8H4NO2/c10-7-6-4-2-1-3-5(6)11-8(4)9-7/h1-3H,(H,9,10). The van der Waals surface area contributed by atoms with Crippen LogP contribution in [0.5, 0.6) is 5.75 Å². The van der Waals surface area contributed by atoms with Gasteiger partial charge in [-0.2, -0.15) is 0 Å². The van der Waals surface area contributed by atoms with Gasteiger partial charge in [0.25, 0.3) is 12.1 Å². The number of ether oxygens (including phenoxy) is 1. The summed E-state index contributed by atoms with van der Waals surface area (Å²) in [4.78, 5) is 11.1. The van der Waals surface area contributed by atoms with Gasteiger partial charge in [-0.3, -0.25) is 4.79 Å². The number of carbonyl (C=O) groups is 1. The molecule has 0 saturated heterocycles. The summed E-state index contributed by atoms with van der Waals surface area (Å²) in [7, 11) is 0. The summed E-state index contributed by atoms with van der Waals surface area (Å²) in [5.41, 5.74) is 1.58. The fourth-order valence-electron chi connectivity index (χ4n) is 1.46. The molecule has 3 nitrogen and oxygen atoms in total. The van der Waals surface area contributed by atoms with Crippen molar-refractivity contribution in [2.45, 2.75) is 0 Å². The molecule has 0 atom stereocenters. The molecule has 0 aromatic heterocycles. The molecule has 2 aliphatic rings. The Balaban J connectivity index is 2.42. The van der Waals surface area contributed by atoms with Gasteiger partial charge in [0.15, 0.2) is 0 Å². The van der Waals surface area contributed by atoms with Crippen molar-refractivity contribution in [3.8, 4) is 5.75 Å². The minimum Gasteiger partial charge on any atom is -0.456 e. The lowest BCUT2D eigenvalue weighted by Crippen LogP contribution is -2.27. The zero-order valence-corrected chi connectivity index (χ0v) is 5.55. The van der Waals surface area contributed by atoms with Crippen LogP contribution in [0.25, 0.3) is 0 Å². The highest BCUT2D eigenvalue weighted by Crippen LogP contribution is 2.40. The summed E-state index contributed by atoms with van der Waals surface area (Å²) in [5, 5.41) is 2.61. The van der Waals surface area contributed by atoms with Gasteiger partial charge >= 0.3 is 0 Å². The zero-order valence-electron chi connectivity index (χ0n) is 5.55. The normalized spacial score (nSPS) is 18.4. The molecule has 3 rings (SSSR count). The maximum atomic E-state index is 11.1. The summed E-state index contributed by atoms with van der Waals surface area (Å²) < 4.78 is 5.26. The van der Waals surface area contributed by atoms with Gasteiger partial charge in [0.1, 0.15) is 5.75 Å². The topological polar surface area (TPSA) is 38.3 Å². The molecule has 2 aliphatic heterocycles. The first kappa shape index (κ1) is 5.18. The van der Waals surface area contributed by atoms with E-state index < -0.39 is 0 Å². The summed E-state index contributed by atoms with van der Waals surface area (Å²) in [6.07, 6.45) is 0.588. The second-order valence-electron chi connectivity index (χ2n) is 2.56. The molecule has 0 spiro atoms. The second kappa shape index (κ2) is 1.39. The van der Waals surface area contributed by atoms with Crippen LogP contribution in [0.15, 0.2) is 18.2 Å². The third-order valence-electron chi connectivity index (χ3n) is 1.94. The first-order chi connectivity index (χ1) is 5.36. The number of rotatable bonds is 0. The van der Waals surface area contributed by atoms with Gasteiger partial charge in [0, 0.05) is 5.56 Å². The van der Waals surface area contributed by atoms with E-state index in [1.54, 1.807) is 6.07 Å². The quantitative estimate of drug-likeness (QED) is 0.583. The Kier molecular flexibility index (Phi) is 0.656. The predicted molar refractivity (Wildman–Crippen MR) is 36.9 cm³/mol. The predicted octanol–water partition coefficient (Wildman–Crippen LogP) is 0.660. The van der Waals surface area contributed by atoms with Crippen LogP contribution in [-0.2, 0) is 0 Å². The van der Waals surface area contributed by atoms with Crippen LogP contribution in [0.2, 0.25) is 0 Å². The molecule has 3 heteroatoms. The van der Waals surface area contributed by atoms with Gasteiger partial charge in [-0.25, -0.2) is 0 Å². The van der Waals surface area contributed by atoms with Crippen molar-refractivity contribution in [2.75, 3.05) is 0 Å². The van der Waals surface area contributed by atoms with E-state index in [0.29, 0.717) is 17.5 Å². The number of hydrogen-bond acceptors (Lipinski definition) is 2. The highest BCUT2D eigenvalue weighted by Gasteiger charge is 2.40. The summed E-state index contributed by atoms with van der Waals surface area (Å²) in [5.74, 6) is 0.637. The molecule has 11 heavy (non-hydrogen) atoms. The van der Waals surface area contributed by atoms with Crippen LogP contribution >= 0.6 is 0 Å². The minimum absolute atomic E-state index is 0.0446. The van der Waals surface area contributed by atoms with Gasteiger partial charge in [-0.05, 0) is 6.07 Å². The molecule has 0 saturated carbocycles. The molecule has 0 aliphatic carbocycles. The third kappa shape index (κ3) is 0.441. The van der Waals surface area contributed by atoms with Crippen LogP contribution in [0.3, 0.4) is 0 Å². The maximum absolute atomic E-state index is 11.1. The van der Waals surface area contributed by atoms with Crippen molar-refractivity contribution >= 4 is 5.91 Å². The van der Waals surface area contributed by atoms with Crippen molar-refractivity contribution in [1.82, 2.24) is 5.32 Å². The number of amides is 1. The lowest BCUT2D eigenvalue weighted by atomic mass is 10.1. The molecule has 1 aromatic carbocycles. The van der Waals surface area contributed by atoms with Crippen LogP contribution in [0, 0.1) is 6.23 Å². The molecule has 0 unspecified atom stereocenters. The van der Waals surface area contributed by atoms with E-state index in [-0.39, 0.29) is 5.91 Å². The second-order valence-corrected chi connectivity index (χ2v) is 2.56. The Morgan fingerprint density at radius 1 is 1.36 bits per heavy atom. The van der Waals surface area contributed by atoms with E-state index in [1.165, 1.54) is 0 Å². The van der Waals surface area contributed by atoms with E-state index in [9.17, 15) is 4.79 Å². The molecular formula is C8H4NO2. The van der Waals surface area contributed by atoms with Crippen LogP contribution in [0.4, 0.5) is 0 Å². The Labute approximate surface area is 63.0 Å². The monoisotopic (exact) mass is 146 g/mol. The first-order valence-electron chi connectivity index (χ1n) is 3.36. The van der Waals surface area contributed by atoms with Crippen molar-refractivity contribution in [2.24, 2.45) is 0 Å². The Morgan fingerprint density at radius 2 is 2.27 bits per heavy atom. The average Bonchev–Trinajstić information content (AvgIpc) is 2.40. The van der Waals surface area contributed by atoms with E-state index in [1.807, 2.05) is 12.1 Å². The number of carbonyl (C=O) groups excluding carboxylic acids is 1. The van der Waals surface area contributed by atoms with E-state index in [0.717, 1.165) is 5.56 Å². The van der Waals surface area contributed by atoms with Crippen molar-refractivity contribution in [3.63, 3.8) is 0 Å². The highest BCUT2D eigenvalue weighted by atomic mass is 16.5. The molecule has 2 heterocycles. The third-order valence-corrected chi connectivity index (χ3v) is 1.94. The molecular weight excluding hydrogens is 142 g/mol. The van der Waals surface area contributed by atoms with E-state index in [2.05, 4.69) is 5.32 Å². The van der Waals surface area contributed by atoms with E-state index in [4.69, 9.17) is 4.74 Å². The Morgan fingerprint density at radius 3 is 3.00 bits per heavy atom. The fourth-order valence-corrected chi connectivity index (χ4v) is 1.46. The smallest absolute Gasteiger partial charge is 0.274 e. The van der Waals surface area contributed by atoms with Gasteiger partial charge in [0.2, 0.25) is 0 Å². The van der Waals surface area contributed by atoms with Crippen LogP contribution < -0.4 is 10.1 Å². The zero-order chi connectivity index (χ0) is 7.42. The van der Waals surface area contributed by atoms with Crippen molar-refractivity contribution < 1.29 is 9.53 Å². The molecule has 4 bridgehead atoms. The van der Waals surface area contributed by atoms with Gasteiger partial charge in [-0.15, -0.1) is 0 Å². The highest BCUT2D eigenvalue weighted by molar-refractivity contribution is 6.05. The van der Waals surface area contributed by atoms with Crippen molar-refractivity contribution in [3.05, 3.63) is 35.6 Å². The lowest BCUT2D eigenvalue weighted by Gasteiger charge is -2.09. The Hall–Kier alpha value is -1.51. The summed E-state index contributed by atoms with van der Waals surface area (Å²) >= 11 is 0. The van der Waals surface area contributed by atoms with Gasteiger partial charge < -0.3 is 10.1 Å². The summed E-state index contributed by atoms with van der Waals surface area (Å²) in [6, 6.07) is 5.55. The molecule has 53 valence electrons. The average molecular weight is 146 g/mol. The van der Waals surface area contributed by atoms with Gasteiger partial charge in [0.05, 0.1) is 5.56 Å². The number of hydrogen-bond donors (Lipinski definition) is 1. The SMILES string of the molecule is O=C1N[C]2Oc3cccc2c31. The lowest BCUT2D eigenvalue weighted by molar-refractivity contribution is 0.0930. The van der Waals surface area contributed by atoms with Crippen LogP contribution in [-0.4, -0.2) is 5.91 Å². The number of nitrogens with one attached hydrogen (secondary N) is 1. The fraction of sp³-hybridized carbons (Fsp3) is 0. The molecule has 1 radical (unpaired) electrons. The Bertz CT molecular complexity index is 359. The van der Waals surface area contributed by atoms with Crippen molar-refractivity contribution in [1.29, 1.82) is 0 Å². The molecule has 1 aromatic rings. The molecule has 1 amide bonds. The number of benzene rings is 1. The van der Waals surface area contributed by atoms with E-state index >= 15 is 0 Å². The molecule has 0 fully saturated rings. The minimum atomic E-state index is -0.0446. The molecule has 1 N–H and O–H groups in total. The largest absolute Gasteiger partial charge is 0.456 e. The maximum Gasteiger partial charge on any atom is 0.274 e. The van der Waals surface area contributed by atoms with Crippen LogP contribution in [0.1, 0.15) is 15.9 Å². The first-order valence-corrected chi connectivity index (χ1v) is 3.36. The van der Waals surface area contributed by atoms with Gasteiger partial charge in [-0.1, -0.05) is 12.1 Å². The summed E-state index contributed by atoms with van der Waals surface area (Å²) in [6.45, 7) is 0.